The second-order valence-electron chi connectivity index (χ2n) is 5.10. The fourth-order valence-corrected chi connectivity index (χ4v) is 2.03. The number of terminal acetylenes is 2. The Hall–Kier alpha value is -1.94. The molecule has 0 aromatic carbocycles. The lowest BCUT2D eigenvalue weighted by Gasteiger charge is -2.03. The van der Waals surface area contributed by atoms with Crippen molar-refractivity contribution in [3.63, 3.8) is 0 Å². The van der Waals surface area contributed by atoms with Gasteiger partial charge in [0.05, 0.1) is 13.2 Å². The highest BCUT2D eigenvalue weighted by Crippen LogP contribution is 2.10. The molecular weight excluding hydrogens is 280 g/mol. The maximum Gasteiger partial charge on any atom is 0.384 e. The first-order valence-electron chi connectivity index (χ1n) is 7.97. The third kappa shape index (κ3) is 14.5. The van der Waals surface area contributed by atoms with Crippen molar-refractivity contribution < 1.29 is 19.1 Å². The summed E-state index contributed by atoms with van der Waals surface area (Å²) in [6.07, 6.45) is 20.9. The van der Waals surface area contributed by atoms with Crippen LogP contribution in [0.25, 0.3) is 0 Å². The fourth-order valence-electron chi connectivity index (χ4n) is 2.03. The summed E-state index contributed by atoms with van der Waals surface area (Å²) in [5, 5.41) is 0. The maximum absolute atomic E-state index is 10.7. The largest absolute Gasteiger partial charge is 0.456 e. The van der Waals surface area contributed by atoms with E-state index in [1.165, 1.54) is 25.7 Å². The van der Waals surface area contributed by atoms with E-state index >= 15 is 0 Å². The Morgan fingerprint density at radius 1 is 0.591 bits per heavy atom. The first-order chi connectivity index (χ1) is 10.7. The molecule has 0 bridgehead atoms. The third-order valence-electron chi connectivity index (χ3n) is 3.24. The molecule has 0 aliphatic carbocycles. The third-order valence-corrected chi connectivity index (χ3v) is 3.24. The van der Waals surface area contributed by atoms with Gasteiger partial charge in [-0.2, -0.15) is 0 Å². The Kier molecular flexibility index (Phi) is 14.1. The van der Waals surface area contributed by atoms with Crippen molar-refractivity contribution in [1.82, 2.24) is 0 Å². The molecule has 0 saturated heterocycles. The lowest BCUT2D eigenvalue weighted by molar-refractivity contribution is -0.137. The molecule has 0 saturated carbocycles. The second-order valence-corrected chi connectivity index (χ2v) is 5.10. The van der Waals surface area contributed by atoms with Gasteiger partial charge in [-0.05, 0) is 12.8 Å². The molecule has 0 fully saturated rings. The zero-order chi connectivity index (χ0) is 16.5. The Labute approximate surface area is 133 Å². The smallest absolute Gasteiger partial charge is 0.384 e. The van der Waals surface area contributed by atoms with E-state index in [2.05, 4.69) is 0 Å². The van der Waals surface area contributed by atoms with Crippen LogP contribution < -0.4 is 0 Å². The highest BCUT2D eigenvalue weighted by atomic mass is 16.5. The van der Waals surface area contributed by atoms with Gasteiger partial charge in [0.2, 0.25) is 0 Å². The van der Waals surface area contributed by atoms with Gasteiger partial charge in [0, 0.05) is 11.8 Å². The standard InChI is InChI=1S/C18H26O4/c1-3-17(19)21-15-13-11-9-7-5-6-8-10-12-14-16-22-18(20)4-2/h1-2H,5-16H2. The number of hydrogen-bond acceptors (Lipinski definition) is 4. The molecule has 0 heterocycles. The Morgan fingerprint density at radius 3 is 1.14 bits per heavy atom. The zero-order valence-electron chi connectivity index (χ0n) is 13.3. The topological polar surface area (TPSA) is 52.6 Å². The highest BCUT2D eigenvalue weighted by molar-refractivity contribution is 5.87. The van der Waals surface area contributed by atoms with Gasteiger partial charge in [0.15, 0.2) is 0 Å². The SMILES string of the molecule is C#CC(=O)OCCCCCCCCCCCCOC(=O)C#C. The molecule has 22 heavy (non-hydrogen) atoms. The van der Waals surface area contributed by atoms with Gasteiger partial charge >= 0.3 is 11.9 Å². The minimum absolute atomic E-state index is 0.424. The van der Waals surface area contributed by atoms with Gasteiger partial charge in [0.1, 0.15) is 0 Å². The van der Waals surface area contributed by atoms with E-state index in [1.54, 1.807) is 0 Å². The highest BCUT2D eigenvalue weighted by Gasteiger charge is 1.97. The molecule has 0 aliphatic heterocycles. The Bertz CT molecular complexity index is 349. The molecule has 0 aliphatic rings. The van der Waals surface area contributed by atoms with Gasteiger partial charge in [-0.3, -0.25) is 0 Å². The molecule has 0 N–H and O–H groups in total. The van der Waals surface area contributed by atoms with Gasteiger partial charge < -0.3 is 9.47 Å². The summed E-state index contributed by atoms with van der Waals surface area (Å²) in [6.45, 7) is 0.848. The molecule has 122 valence electrons. The van der Waals surface area contributed by atoms with E-state index in [0.717, 1.165) is 38.5 Å². The summed E-state index contributed by atoms with van der Waals surface area (Å²) < 4.78 is 9.58. The van der Waals surface area contributed by atoms with Gasteiger partial charge in [-0.15, -0.1) is 12.8 Å². The van der Waals surface area contributed by atoms with E-state index in [0.29, 0.717) is 13.2 Å². The predicted molar refractivity (Wildman–Crippen MR) is 85.8 cm³/mol. The number of carbonyl (C=O) groups is 2. The Morgan fingerprint density at radius 2 is 0.864 bits per heavy atom. The van der Waals surface area contributed by atoms with E-state index < -0.39 is 11.9 Å². The molecule has 0 aromatic rings. The van der Waals surface area contributed by atoms with Gasteiger partial charge in [0.25, 0.3) is 0 Å². The van der Waals surface area contributed by atoms with Crippen molar-refractivity contribution in [3.05, 3.63) is 0 Å². The number of unbranched alkanes of at least 4 members (excludes halogenated alkanes) is 9. The lowest BCUT2D eigenvalue weighted by Crippen LogP contribution is -2.02. The molecule has 0 atom stereocenters. The summed E-state index contributed by atoms with van der Waals surface area (Å²) in [7, 11) is 0. The van der Waals surface area contributed by atoms with E-state index in [9.17, 15) is 9.59 Å². The number of hydrogen-bond donors (Lipinski definition) is 0. The molecule has 4 heteroatoms. The van der Waals surface area contributed by atoms with Crippen LogP contribution in [0.1, 0.15) is 64.2 Å². The molecule has 0 amide bonds. The fraction of sp³-hybridized carbons (Fsp3) is 0.667. The number of esters is 2. The van der Waals surface area contributed by atoms with Crippen LogP contribution in [0.5, 0.6) is 0 Å². The minimum atomic E-state index is -0.575. The molecule has 0 spiro atoms. The summed E-state index contributed by atoms with van der Waals surface area (Å²) in [6, 6.07) is 0. The number of rotatable bonds is 13. The van der Waals surface area contributed by atoms with E-state index in [-0.39, 0.29) is 0 Å². The van der Waals surface area contributed by atoms with Crippen LogP contribution in [0.15, 0.2) is 0 Å². The molecule has 0 radical (unpaired) electrons. The van der Waals surface area contributed by atoms with Crippen molar-refractivity contribution in [2.24, 2.45) is 0 Å². The zero-order valence-corrected chi connectivity index (χ0v) is 13.3. The second kappa shape index (κ2) is 15.4. The van der Waals surface area contributed by atoms with Crippen LogP contribution in [0.4, 0.5) is 0 Å². The average molecular weight is 306 g/mol. The molecule has 0 unspecified atom stereocenters. The molecular formula is C18H26O4. The van der Waals surface area contributed by atoms with Crippen LogP contribution in [-0.2, 0) is 19.1 Å². The lowest BCUT2D eigenvalue weighted by atomic mass is 10.1. The van der Waals surface area contributed by atoms with Crippen molar-refractivity contribution >= 4 is 11.9 Å². The van der Waals surface area contributed by atoms with Crippen LogP contribution in [0, 0.1) is 24.7 Å². The molecule has 0 rings (SSSR count). The van der Waals surface area contributed by atoms with Crippen molar-refractivity contribution in [3.8, 4) is 24.7 Å². The molecule has 4 nitrogen and oxygen atoms in total. The summed E-state index contributed by atoms with van der Waals surface area (Å²) in [5.41, 5.74) is 0. The average Bonchev–Trinajstić information content (AvgIpc) is 2.54. The summed E-state index contributed by atoms with van der Waals surface area (Å²) in [4.78, 5) is 21.3. The first kappa shape index (κ1) is 20.1. The Balaban J connectivity index is 3.09. The van der Waals surface area contributed by atoms with E-state index in [4.69, 9.17) is 22.3 Å². The normalized spacial score (nSPS) is 9.55. The monoisotopic (exact) mass is 306 g/mol. The van der Waals surface area contributed by atoms with E-state index in [1.807, 2.05) is 11.8 Å². The van der Waals surface area contributed by atoms with Crippen molar-refractivity contribution in [1.29, 1.82) is 0 Å². The van der Waals surface area contributed by atoms with Crippen LogP contribution in [-0.4, -0.2) is 25.2 Å². The predicted octanol–water partition coefficient (Wildman–Crippen LogP) is 3.24. The van der Waals surface area contributed by atoms with Gasteiger partial charge in [-0.1, -0.05) is 51.4 Å². The number of carbonyl (C=O) groups excluding carboxylic acids is 2. The van der Waals surface area contributed by atoms with Crippen molar-refractivity contribution in [2.45, 2.75) is 64.2 Å². The quantitative estimate of drug-likeness (QED) is 0.227. The summed E-state index contributed by atoms with van der Waals surface area (Å²) in [5.74, 6) is 2.70. The minimum Gasteiger partial charge on any atom is -0.456 e. The maximum atomic E-state index is 10.7. The molecule has 0 aromatic heterocycles. The first-order valence-corrected chi connectivity index (χ1v) is 7.97. The number of ether oxygens (including phenoxy) is 2. The van der Waals surface area contributed by atoms with Crippen LogP contribution >= 0.6 is 0 Å². The van der Waals surface area contributed by atoms with Crippen LogP contribution in [0.2, 0.25) is 0 Å². The van der Waals surface area contributed by atoms with Crippen molar-refractivity contribution in [2.75, 3.05) is 13.2 Å². The summed E-state index contributed by atoms with van der Waals surface area (Å²) >= 11 is 0. The van der Waals surface area contributed by atoms with Crippen LogP contribution in [0.3, 0.4) is 0 Å². The van der Waals surface area contributed by atoms with Gasteiger partial charge in [-0.25, -0.2) is 9.59 Å².